The fraction of sp³-hybridized carbons (Fsp3) is 0.600. The number of aromatic nitrogens is 2. The van der Waals surface area contributed by atoms with E-state index < -0.39 is 21.2 Å². The molecule has 0 aromatic carbocycles. The molecule has 0 amide bonds. The van der Waals surface area contributed by atoms with Crippen LogP contribution in [0.15, 0.2) is 18.7 Å². The van der Waals surface area contributed by atoms with Crippen LogP contribution >= 0.6 is 0 Å². The Labute approximate surface area is 94.5 Å². The Morgan fingerprint density at radius 1 is 1.31 bits per heavy atom. The van der Waals surface area contributed by atoms with Crippen molar-refractivity contribution in [3.05, 3.63) is 24.3 Å². The van der Waals surface area contributed by atoms with Crippen LogP contribution in [0.2, 0.25) is 0 Å². The molecular formula is C10H14N2O3S. The second-order valence-corrected chi connectivity index (χ2v) is 6.36. The van der Waals surface area contributed by atoms with Crippen molar-refractivity contribution in [2.24, 2.45) is 0 Å². The molecule has 1 aromatic rings. The predicted molar refractivity (Wildman–Crippen MR) is 58.4 cm³/mol. The summed E-state index contributed by atoms with van der Waals surface area (Å²) < 4.78 is 23.6. The molecule has 88 valence electrons. The maximum Gasteiger partial charge on any atom is 0.156 e. The van der Waals surface area contributed by atoms with E-state index in [2.05, 4.69) is 9.97 Å². The molecule has 0 saturated carbocycles. The third-order valence-electron chi connectivity index (χ3n) is 2.90. The van der Waals surface area contributed by atoms with Gasteiger partial charge in [-0.1, -0.05) is 6.42 Å². The van der Waals surface area contributed by atoms with Crippen molar-refractivity contribution in [1.29, 1.82) is 0 Å². The van der Waals surface area contributed by atoms with Gasteiger partial charge in [0.25, 0.3) is 0 Å². The minimum absolute atomic E-state index is 0.169. The predicted octanol–water partition coefficient (Wildman–Crippen LogP) is 0.477. The zero-order chi connectivity index (χ0) is 11.6. The van der Waals surface area contributed by atoms with Crippen molar-refractivity contribution < 1.29 is 13.5 Å². The van der Waals surface area contributed by atoms with Crippen LogP contribution in [-0.2, 0) is 9.84 Å². The summed E-state index contributed by atoms with van der Waals surface area (Å²) in [4.78, 5) is 7.56. The SMILES string of the molecule is O=S1(=O)CCCCC1C(O)c1cncnc1. The molecule has 2 atom stereocenters. The molecule has 0 radical (unpaired) electrons. The van der Waals surface area contributed by atoms with Gasteiger partial charge in [-0.15, -0.1) is 0 Å². The van der Waals surface area contributed by atoms with E-state index in [1.807, 2.05) is 0 Å². The second kappa shape index (κ2) is 4.47. The van der Waals surface area contributed by atoms with E-state index in [1.165, 1.54) is 18.7 Å². The van der Waals surface area contributed by atoms with Crippen LogP contribution in [0.1, 0.15) is 30.9 Å². The van der Waals surface area contributed by atoms with Gasteiger partial charge in [0.1, 0.15) is 6.33 Å². The summed E-state index contributed by atoms with van der Waals surface area (Å²) >= 11 is 0. The summed E-state index contributed by atoms with van der Waals surface area (Å²) in [6, 6.07) is 0. The van der Waals surface area contributed by atoms with Crippen molar-refractivity contribution in [3.63, 3.8) is 0 Å². The minimum atomic E-state index is -3.18. The van der Waals surface area contributed by atoms with Gasteiger partial charge in [-0.05, 0) is 12.8 Å². The van der Waals surface area contributed by atoms with Crippen molar-refractivity contribution in [3.8, 4) is 0 Å². The highest BCUT2D eigenvalue weighted by atomic mass is 32.2. The minimum Gasteiger partial charge on any atom is -0.387 e. The topological polar surface area (TPSA) is 80.2 Å². The van der Waals surface area contributed by atoms with Gasteiger partial charge < -0.3 is 5.11 Å². The largest absolute Gasteiger partial charge is 0.387 e. The zero-order valence-corrected chi connectivity index (χ0v) is 9.60. The van der Waals surface area contributed by atoms with Crippen molar-refractivity contribution in [1.82, 2.24) is 9.97 Å². The molecule has 1 saturated heterocycles. The number of rotatable bonds is 2. The van der Waals surface area contributed by atoms with Crippen LogP contribution in [0.4, 0.5) is 0 Å². The van der Waals surface area contributed by atoms with Crippen LogP contribution in [-0.4, -0.2) is 34.5 Å². The Bertz CT molecular complexity index is 446. The van der Waals surface area contributed by atoms with E-state index in [-0.39, 0.29) is 5.75 Å². The van der Waals surface area contributed by atoms with Crippen LogP contribution in [0.25, 0.3) is 0 Å². The number of aliphatic hydroxyl groups excluding tert-OH is 1. The highest BCUT2D eigenvalue weighted by Crippen LogP contribution is 2.29. The number of sulfone groups is 1. The maximum absolute atomic E-state index is 11.8. The Hall–Kier alpha value is -1.01. The third-order valence-corrected chi connectivity index (χ3v) is 5.18. The Morgan fingerprint density at radius 3 is 2.62 bits per heavy atom. The lowest BCUT2D eigenvalue weighted by molar-refractivity contribution is 0.163. The van der Waals surface area contributed by atoms with Crippen LogP contribution in [0.3, 0.4) is 0 Å². The molecule has 2 heterocycles. The Balaban J connectivity index is 2.24. The Morgan fingerprint density at radius 2 is 2.00 bits per heavy atom. The smallest absolute Gasteiger partial charge is 0.156 e. The van der Waals surface area contributed by atoms with E-state index in [0.29, 0.717) is 18.4 Å². The lowest BCUT2D eigenvalue weighted by Crippen LogP contribution is -2.33. The van der Waals surface area contributed by atoms with E-state index in [9.17, 15) is 13.5 Å². The molecule has 0 aliphatic carbocycles. The van der Waals surface area contributed by atoms with Gasteiger partial charge in [0.15, 0.2) is 9.84 Å². The summed E-state index contributed by atoms with van der Waals surface area (Å²) in [6.45, 7) is 0. The fourth-order valence-corrected chi connectivity index (χ4v) is 4.00. The maximum atomic E-state index is 11.8. The van der Waals surface area contributed by atoms with Gasteiger partial charge in [0.2, 0.25) is 0 Å². The summed E-state index contributed by atoms with van der Waals surface area (Å²) in [5.41, 5.74) is 0.470. The van der Waals surface area contributed by atoms with Crippen molar-refractivity contribution in [2.75, 3.05) is 5.75 Å². The lowest BCUT2D eigenvalue weighted by atomic mass is 10.1. The number of nitrogens with zero attached hydrogens (tertiary/aromatic N) is 2. The van der Waals surface area contributed by atoms with E-state index in [0.717, 1.165) is 6.42 Å². The number of aliphatic hydroxyl groups is 1. The summed E-state index contributed by atoms with van der Waals surface area (Å²) in [5.74, 6) is 0.169. The molecular weight excluding hydrogens is 228 g/mol. The first-order valence-corrected chi connectivity index (χ1v) is 6.97. The molecule has 1 N–H and O–H groups in total. The molecule has 2 rings (SSSR count). The first-order valence-electron chi connectivity index (χ1n) is 5.26. The van der Waals surface area contributed by atoms with E-state index in [4.69, 9.17) is 0 Å². The molecule has 6 heteroatoms. The normalized spacial score (nSPS) is 26.2. The van der Waals surface area contributed by atoms with Gasteiger partial charge >= 0.3 is 0 Å². The average Bonchev–Trinajstić information content (AvgIpc) is 2.29. The highest BCUT2D eigenvalue weighted by molar-refractivity contribution is 7.92. The standard InChI is InChI=1S/C10H14N2O3S/c13-10(8-5-11-7-12-6-8)9-3-1-2-4-16(9,14)15/h5-7,9-10,13H,1-4H2. The molecule has 1 fully saturated rings. The molecule has 1 aliphatic heterocycles. The lowest BCUT2D eigenvalue weighted by Gasteiger charge is -2.26. The van der Waals surface area contributed by atoms with Gasteiger partial charge in [0, 0.05) is 18.0 Å². The molecule has 16 heavy (non-hydrogen) atoms. The van der Waals surface area contributed by atoms with Crippen molar-refractivity contribution in [2.45, 2.75) is 30.6 Å². The summed E-state index contributed by atoms with van der Waals surface area (Å²) in [7, 11) is -3.18. The molecule has 2 unspecified atom stereocenters. The average molecular weight is 242 g/mol. The molecule has 1 aliphatic rings. The quantitative estimate of drug-likeness (QED) is 0.815. The van der Waals surface area contributed by atoms with Crippen LogP contribution < -0.4 is 0 Å². The van der Waals surface area contributed by atoms with E-state index in [1.54, 1.807) is 0 Å². The first kappa shape index (κ1) is 11.5. The Kier molecular flexibility index (Phi) is 3.20. The highest BCUT2D eigenvalue weighted by Gasteiger charge is 2.35. The van der Waals surface area contributed by atoms with Gasteiger partial charge in [0.05, 0.1) is 17.1 Å². The monoisotopic (exact) mass is 242 g/mol. The third kappa shape index (κ3) is 2.22. The van der Waals surface area contributed by atoms with Gasteiger partial charge in [-0.3, -0.25) is 0 Å². The second-order valence-electron chi connectivity index (χ2n) is 4.02. The van der Waals surface area contributed by atoms with E-state index >= 15 is 0 Å². The van der Waals surface area contributed by atoms with Crippen LogP contribution in [0.5, 0.6) is 0 Å². The number of hydrogen-bond acceptors (Lipinski definition) is 5. The first-order chi connectivity index (χ1) is 7.61. The van der Waals surface area contributed by atoms with Gasteiger partial charge in [-0.2, -0.15) is 0 Å². The molecule has 5 nitrogen and oxygen atoms in total. The van der Waals surface area contributed by atoms with Crippen LogP contribution in [0, 0.1) is 0 Å². The fourth-order valence-electron chi connectivity index (χ4n) is 2.01. The zero-order valence-electron chi connectivity index (χ0n) is 8.78. The summed E-state index contributed by atoms with van der Waals surface area (Å²) in [6.07, 6.45) is 5.31. The molecule has 0 bridgehead atoms. The molecule has 1 aromatic heterocycles. The van der Waals surface area contributed by atoms with Crippen molar-refractivity contribution >= 4 is 9.84 Å². The van der Waals surface area contributed by atoms with Gasteiger partial charge in [-0.25, -0.2) is 18.4 Å². The summed E-state index contributed by atoms with van der Waals surface area (Å²) in [5, 5.41) is 9.32. The number of hydrogen-bond donors (Lipinski definition) is 1. The molecule has 0 spiro atoms.